The quantitative estimate of drug-likeness (QED) is 0.938. The molecule has 5 heteroatoms. The second kappa shape index (κ2) is 6.49. The third-order valence-electron chi connectivity index (χ3n) is 4.23. The van der Waals surface area contributed by atoms with Gasteiger partial charge in [0.05, 0.1) is 5.56 Å². The molecule has 5 nitrogen and oxygen atoms in total. The van der Waals surface area contributed by atoms with Crippen molar-refractivity contribution >= 4 is 11.7 Å². The van der Waals surface area contributed by atoms with Crippen molar-refractivity contribution in [3.63, 3.8) is 0 Å². The molecule has 2 heterocycles. The van der Waals surface area contributed by atoms with Crippen LogP contribution < -0.4 is 10.6 Å². The highest BCUT2D eigenvalue weighted by atomic mass is 16.1. The standard InChI is InChI=1S/C18H18N4O/c19-11-16-5-2-7-21-18(16)22-8-6-14(12-22)9-13-3-1-4-15(10-13)17(20)23/h1-5,7,10,14H,6,8-9,12H2,(H2,20,23)/t14-/m0/s1. The van der Waals surface area contributed by atoms with Gasteiger partial charge < -0.3 is 10.6 Å². The Hall–Kier alpha value is -2.87. The second-order valence-corrected chi connectivity index (χ2v) is 5.86. The average molecular weight is 306 g/mol. The minimum Gasteiger partial charge on any atom is -0.366 e. The van der Waals surface area contributed by atoms with E-state index in [0.717, 1.165) is 37.3 Å². The van der Waals surface area contributed by atoms with Crippen molar-refractivity contribution < 1.29 is 4.79 Å². The number of benzene rings is 1. The monoisotopic (exact) mass is 306 g/mol. The first-order valence-corrected chi connectivity index (χ1v) is 7.66. The van der Waals surface area contributed by atoms with Crippen molar-refractivity contribution in [1.82, 2.24) is 4.98 Å². The van der Waals surface area contributed by atoms with Crippen molar-refractivity contribution in [2.45, 2.75) is 12.8 Å². The number of primary amides is 1. The normalized spacial score (nSPS) is 17.0. The van der Waals surface area contributed by atoms with Crippen molar-refractivity contribution in [3.8, 4) is 6.07 Å². The number of anilines is 1. The van der Waals surface area contributed by atoms with Crippen LogP contribution in [0.2, 0.25) is 0 Å². The SMILES string of the molecule is N#Cc1cccnc1N1CC[C@@H](Cc2cccc(C(N)=O)c2)C1. The molecule has 2 aromatic rings. The fraction of sp³-hybridized carbons (Fsp3) is 0.278. The Morgan fingerprint density at radius 1 is 1.39 bits per heavy atom. The predicted octanol–water partition coefficient (Wildman–Crippen LogP) is 2.12. The van der Waals surface area contributed by atoms with Gasteiger partial charge in [0.15, 0.2) is 0 Å². The smallest absolute Gasteiger partial charge is 0.248 e. The molecule has 0 spiro atoms. The average Bonchev–Trinajstić information content (AvgIpc) is 3.03. The molecule has 0 radical (unpaired) electrons. The van der Waals surface area contributed by atoms with Gasteiger partial charge in [0.2, 0.25) is 5.91 Å². The molecule has 1 aromatic carbocycles. The van der Waals surface area contributed by atoms with Crippen LogP contribution in [0.15, 0.2) is 42.6 Å². The number of carbonyl (C=O) groups is 1. The van der Waals surface area contributed by atoms with Gasteiger partial charge >= 0.3 is 0 Å². The van der Waals surface area contributed by atoms with Crippen LogP contribution in [0.4, 0.5) is 5.82 Å². The van der Waals surface area contributed by atoms with E-state index < -0.39 is 5.91 Å². The van der Waals surface area contributed by atoms with Gasteiger partial charge in [-0.15, -0.1) is 0 Å². The molecule has 1 aromatic heterocycles. The lowest BCUT2D eigenvalue weighted by atomic mass is 9.97. The topological polar surface area (TPSA) is 83.0 Å². The molecule has 1 atom stereocenters. The summed E-state index contributed by atoms with van der Waals surface area (Å²) in [5, 5.41) is 9.20. The number of nitriles is 1. The first-order chi connectivity index (χ1) is 11.2. The maximum absolute atomic E-state index is 11.3. The lowest BCUT2D eigenvalue weighted by molar-refractivity contribution is 0.1000. The lowest BCUT2D eigenvalue weighted by Gasteiger charge is -2.18. The molecule has 0 bridgehead atoms. The fourth-order valence-corrected chi connectivity index (χ4v) is 3.11. The zero-order chi connectivity index (χ0) is 16.2. The number of amides is 1. The minimum atomic E-state index is -0.396. The molecule has 1 fully saturated rings. The molecule has 1 aliphatic rings. The van der Waals surface area contributed by atoms with Crippen LogP contribution in [-0.4, -0.2) is 24.0 Å². The summed E-state index contributed by atoms with van der Waals surface area (Å²) >= 11 is 0. The highest BCUT2D eigenvalue weighted by molar-refractivity contribution is 5.92. The minimum absolute atomic E-state index is 0.396. The van der Waals surface area contributed by atoms with Gasteiger partial charge in [0.1, 0.15) is 11.9 Å². The molecule has 0 aliphatic carbocycles. The third kappa shape index (κ3) is 3.32. The Bertz CT molecular complexity index is 766. The van der Waals surface area contributed by atoms with Gasteiger partial charge in [0.25, 0.3) is 0 Å². The number of rotatable bonds is 4. The van der Waals surface area contributed by atoms with Crippen molar-refractivity contribution in [1.29, 1.82) is 5.26 Å². The van der Waals surface area contributed by atoms with E-state index in [9.17, 15) is 10.1 Å². The van der Waals surface area contributed by atoms with Crippen LogP contribution in [0.1, 0.15) is 27.9 Å². The maximum atomic E-state index is 11.3. The van der Waals surface area contributed by atoms with Crippen molar-refractivity contribution in [3.05, 3.63) is 59.3 Å². The van der Waals surface area contributed by atoms with Gasteiger partial charge in [-0.3, -0.25) is 4.79 Å². The van der Waals surface area contributed by atoms with Gasteiger partial charge in [-0.25, -0.2) is 4.98 Å². The maximum Gasteiger partial charge on any atom is 0.248 e. The van der Waals surface area contributed by atoms with Gasteiger partial charge in [-0.1, -0.05) is 12.1 Å². The lowest BCUT2D eigenvalue weighted by Crippen LogP contribution is -2.22. The molecular weight excluding hydrogens is 288 g/mol. The van der Waals surface area contributed by atoms with Crippen LogP contribution in [0, 0.1) is 17.2 Å². The summed E-state index contributed by atoms with van der Waals surface area (Å²) in [5.41, 5.74) is 7.62. The molecular formula is C18H18N4O. The molecule has 1 amide bonds. The van der Waals surface area contributed by atoms with Crippen molar-refractivity contribution in [2.24, 2.45) is 11.7 Å². The molecule has 116 valence electrons. The number of pyridine rings is 1. The number of aromatic nitrogens is 1. The first kappa shape index (κ1) is 15.0. The molecule has 1 saturated heterocycles. The van der Waals surface area contributed by atoms with Crippen molar-refractivity contribution in [2.75, 3.05) is 18.0 Å². The summed E-state index contributed by atoms with van der Waals surface area (Å²) in [5.74, 6) is 0.849. The molecule has 0 unspecified atom stereocenters. The Kier molecular flexibility index (Phi) is 4.24. The molecule has 3 rings (SSSR count). The number of nitrogens with zero attached hydrogens (tertiary/aromatic N) is 3. The van der Waals surface area contributed by atoms with Gasteiger partial charge in [-0.2, -0.15) is 5.26 Å². The van der Waals surface area contributed by atoms with E-state index in [4.69, 9.17) is 5.73 Å². The largest absolute Gasteiger partial charge is 0.366 e. The molecule has 0 saturated carbocycles. The van der Waals surface area contributed by atoms with Gasteiger partial charge in [0, 0.05) is 24.8 Å². The molecule has 1 aliphatic heterocycles. The van der Waals surface area contributed by atoms with E-state index >= 15 is 0 Å². The summed E-state index contributed by atoms with van der Waals surface area (Å²) in [6.45, 7) is 1.76. The zero-order valence-corrected chi connectivity index (χ0v) is 12.8. The fourth-order valence-electron chi connectivity index (χ4n) is 3.11. The van der Waals surface area contributed by atoms with E-state index in [1.165, 1.54) is 0 Å². The van der Waals surface area contributed by atoms with Crippen LogP contribution >= 0.6 is 0 Å². The van der Waals surface area contributed by atoms with E-state index in [2.05, 4.69) is 16.0 Å². The summed E-state index contributed by atoms with van der Waals surface area (Å²) in [4.78, 5) is 17.8. The van der Waals surface area contributed by atoms with E-state index in [1.54, 1.807) is 24.4 Å². The first-order valence-electron chi connectivity index (χ1n) is 7.66. The van der Waals surface area contributed by atoms with Crippen LogP contribution in [0.3, 0.4) is 0 Å². The van der Waals surface area contributed by atoms with E-state index in [0.29, 0.717) is 17.0 Å². The number of hydrogen-bond donors (Lipinski definition) is 1. The van der Waals surface area contributed by atoms with Crippen LogP contribution in [0.25, 0.3) is 0 Å². The van der Waals surface area contributed by atoms with E-state index in [-0.39, 0.29) is 0 Å². The number of carbonyl (C=O) groups excluding carboxylic acids is 1. The summed E-state index contributed by atoms with van der Waals surface area (Å²) in [6.07, 6.45) is 3.66. The Labute approximate surface area is 135 Å². The highest BCUT2D eigenvalue weighted by Crippen LogP contribution is 2.27. The number of nitrogens with two attached hydrogens (primary N) is 1. The number of hydrogen-bond acceptors (Lipinski definition) is 4. The van der Waals surface area contributed by atoms with Gasteiger partial charge in [-0.05, 0) is 48.6 Å². The van der Waals surface area contributed by atoms with Crippen LogP contribution in [-0.2, 0) is 6.42 Å². The molecule has 23 heavy (non-hydrogen) atoms. The third-order valence-corrected chi connectivity index (χ3v) is 4.23. The van der Waals surface area contributed by atoms with E-state index in [1.807, 2.05) is 18.2 Å². The predicted molar refractivity (Wildman–Crippen MR) is 87.9 cm³/mol. The summed E-state index contributed by atoms with van der Waals surface area (Å²) < 4.78 is 0. The van der Waals surface area contributed by atoms with Crippen LogP contribution in [0.5, 0.6) is 0 Å². The summed E-state index contributed by atoms with van der Waals surface area (Å²) in [6, 6.07) is 13.3. The second-order valence-electron chi connectivity index (χ2n) is 5.86. The Balaban J connectivity index is 1.70. The Morgan fingerprint density at radius 2 is 2.26 bits per heavy atom. The Morgan fingerprint density at radius 3 is 3.04 bits per heavy atom. The highest BCUT2D eigenvalue weighted by Gasteiger charge is 2.25. The zero-order valence-electron chi connectivity index (χ0n) is 12.8. The summed E-state index contributed by atoms with van der Waals surface area (Å²) in [7, 11) is 0. The molecule has 2 N–H and O–H groups in total.